The van der Waals surface area contributed by atoms with Gasteiger partial charge in [0, 0.05) is 12.1 Å². The minimum atomic E-state index is 0.692. The highest BCUT2D eigenvalue weighted by atomic mass is 15.0. The van der Waals surface area contributed by atoms with Gasteiger partial charge in [-0.2, -0.15) is 0 Å². The van der Waals surface area contributed by atoms with Crippen LogP contribution in [0.1, 0.15) is 53.4 Å². The lowest BCUT2D eigenvalue weighted by Crippen LogP contribution is -2.44. The van der Waals surface area contributed by atoms with Crippen LogP contribution in [0.4, 0.5) is 0 Å². The van der Waals surface area contributed by atoms with E-state index in [1.165, 1.54) is 25.7 Å². The van der Waals surface area contributed by atoms with Gasteiger partial charge in [0.15, 0.2) is 0 Å². The minimum Gasteiger partial charge on any atom is -0.311 e. The molecule has 13 heavy (non-hydrogen) atoms. The summed E-state index contributed by atoms with van der Waals surface area (Å²) in [6.07, 6.45) is 5.48. The molecule has 1 aliphatic carbocycles. The first-order valence-electron chi connectivity index (χ1n) is 5.91. The molecule has 1 fully saturated rings. The molecule has 0 amide bonds. The summed E-state index contributed by atoms with van der Waals surface area (Å²) < 4.78 is 0. The third kappa shape index (κ3) is 2.98. The maximum absolute atomic E-state index is 3.75. The second kappa shape index (κ2) is 4.99. The van der Waals surface area contributed by atoms with Gasteiger partial charge in [-0.3, -0.25) is 0 Å². The SMILES string of the molecule is CC[C@H](C)N[C@@H]1CCC[C@@H](C)[C@@H]1C. The van der Waals surface area contributed by atoms with E-state index in [0.29, 0.717) is 6.04 Å². The van der Waals surface area contributed by atoms with Crippen molar-refractivity contribution in [1.82, 2.24) is 5.32 Å². The number of hydrogen-bond donors (Lipinski definition) is 1. The van der Waals surface area contributed by atoms with Gasteiger partial charge in [-0.15, -0.1) is 0 Å². The summed E-state index contributed by atoms with van der Waals surface area (Å²) in [7, 11) is 0. The van der Waals surface area contributed by atoms with Crippen molar-refractivity contribution in [2.24, 2.45) is 11.8 Å². The number of rotatable bonds is 3. The van der Waals surface area contributed by atoms with Gasteiger partial charge in [0.05, 0.1) is 0 Å². The second-order valence-electron chi connectivity index (χ2n) is 4.85. The van der Waals surface area contributed by atoms with Crippen LogP contribution in [0.3, 0.4) is 0 Å². The predicted octanol–water partition coefficient (Wildman–Crippen LogP) is 3.20. The quantitative estimate of drug-likeness (QED) is 0.708. The van der Waals surface area contributed by atoms with Crippen LogP contribution in [0.5, 0.6) is 0 Å². The van der Waals surface area contributed by atoms with Gasteiger partial charge in [0.1, 0.15) is 0 Å². The van der Waals surface area contributed by atoms with Gasteiger partial charge in [0.25, 0.3) is 0 Å². The molecule has 0 aromatic carbocycles. The van der Waals surface area contributed by atoms with Gasteiger partial charge >= 0.3 is 0 Å². The lowest BCUT2D eigenvalue weighted by molar-refractivity contribution is 0.195. The van der Waals surface area contributed by atoms with Crippen LogP contribution in [0.25, 0.3) is 0 Å². The van der Waals surface area contributed by atoms with Crippen molar-refractivity contribution in [2.45, 2.75) is 65.5 Å². The average molecular weight is 183 g/mol. The summed E-state index contributed by atoms with van der Waals surface area (Å²) in [5, 5.41) is 3.75. The number of hydrogen-bond acceptors (Lipinski definition) is 1. The zero-order valence-electron chi connectivity index (χ0n) is 9.64. The summed E-state index contributed by atoms with van der Waals surface area (Å²) in [5.74, 6) is 1.78. The molecule has 1 nitrogen and oxygen atoms in total. The maximum Gasteiger partial charge on any atom is 0.00977 e. The highest BCUT2D eigenvalue weighted by molar-refractivity contribution is 4.83. The Morgan fingerprint density at radius 2 is 2.00 bits per heavy atom. The van der Waals surface area contributed by atoms with E-state index in [1.807, 2.05) is 0 Å². The van der Waals surface area contributed by atoms with Crippen LogP contribution in [-0.2, 0) is 0 Å². The Bertz CT molecular complexity index is 144. The summed E-state index contributed by atoms with van der Waals surface area (Å²) in [6.45, 7) is 9.36. The molecule has 0 spiro atoms. The first-order chi connectivity index (χ1) is 6.15. The lowest BCUT2D eigenvalue weighted by Gasteiger charge is -2.36. The first-order valence-corrected chi connectivity index (χ1v) is 5.91. The molecule has 0 radical (unpaired) electrons. The first kappa shape index (κ1) is 11.0. The van der Waals surface area contributed by atoms with Crippen molar-refractivity contribution in [3.63, 3.8) is 0 Å². The molecular weight excluding hydrogens is 158 g/mol. The summed E-state index contributed by atoms with van der Waals surface area (Å²) >= 11 is 0. The van der Waals surface area contributed by atoms with Crippen LogP contribution in [0, 0.1) is 11.8 Å². The van der Waals surface area contributed by atoms with E-state index in [1.54, 1.807) is 0 Å². The summed E-state index contributed by atoms with van der Waals surface area (Å²) in [6, 6.07) is 1.47. The van der Waals surface area contributed by atoms with Crippen molar-refractivity contribution in [1.29, 1.82) is 0 Å². The van der Waals surface area contributed by atoms with Crippen LogP contribution in [0.15, 0.2) is 0 Å². The summed E-state index contributed by atoms with van der Waals surface area (Å²) in [5.41, 5.74) is 0. The lowest BCUT2D eigenvalue weighted by atomic mass is 9.78. The molecule has 1 saturated carbocycles. The molecule has 0 bridgehead atoms. The van der Waals surface area contributed by atoms with Crippen molar-refractivity contribution in [3.8, 4) is 0 Å². The van der Waals surface area contributed by atoms with Crippen molar-refractivity contribution >= 4 is 0 Å². The molecule has 78 valence electrons. The van der Waals surface area contributed by atoms with Crippen molar-refractivity contribution in [2.75, 3.05) is 0 Å². The fraction of sp³-hybridized carbons (Fsp3) is 1.00. The molecule has 0 saturated heterocycles. The largest absolute Gasteiger partial charge is 0.311 e. The fourth-order valence-electron chi connectivity index (χ4n) is 2.30. The molecule has 1 rings (SSSR count). The molecule has 1 heteroatoms. The van der Waals surface area contributed by atoms with E-state index in [9.17, 15) is 0 Å². The minimum absolute atomic E-state index is 0.692. The Labute approximate surface area is 83.3 Å². The molecule has 1 aliphatic rings. The third-order valence-electron chi connectivity index (χ3n) is 3.82. The Kier molecular flexibility index (Phi) is 4.24. The summed E-state index contributed by atoms with van der Waals surface area (Å²) in [4.78, 5) is 0. The standard InChI is InChI=1S/C12H25N/c1-5-10(3)13-12-8-6-7-9(2)11(12)4/h9-13H,5-8H2,1-4H3/t9-,10+,11+,12-/m1/s1. The van der Waals surface area contributed by atoms with Gasteiger partial charge in [-0.25, -0.2) is 0 Å². The van der Waals surface area contributed by atoms with E-state index < -0.39 is 0 Å². The molecule has 4 atom stereocenters. The highest BCUT2D eigenvalue weighted by Gasteiger charge is 2.27. The Morgan fingerprint density at radius 3 is 2.62 bits per heavy atom. The van der Waals surface area contributed by atoms with Crippen molar-refractivity contribution < 1.29 is 0 Å². The number of nitrogens with one attached hydrogen (secondary N) is 1. The van der Waals surface area contributed by atoms with Crippen LogP contribution >= 0.6 is 0 Å². The zero-order chi connectivity index (χ0) is 9.84. The van der Waals surface area contributed by atoms with E-state index in [4.69, 9.17) is 0 Å². The monoisotopic (exact) mass is 183 g/mol. The van der Waals surface area contributed by atoms with Crippen LogP contribution in [0.2, 0.25) is 0 Å². The zero-order valence-corrected chi connectivity index (χ0v) is 9.64. The predicted molar refractivity (Wildman–Crippen MR) is 58.9 cm³/mol. The molecule has 0 unspecified atom stereocenters. The second-order valence-corrected chi connectivity index (χ2v) is 4.85. The molecule has 0 heterocycles. The smallest absolute Gasteiger partial charge is 0.00977 e. The molecule has 1 N–H and O–H groups in total. The molecule has 0 aromatic rings. The third-order valence-corrected chi connectivity index (χ3v) is 3.82. The van der Waals surface area contributed by atoms with E-state index >= 15 is 0 Å². The van der Waals surface area contributed by atoms with Crippen LogP contribution in [-0.4, -0.2) is 12.1 Å². The van der Waals surface area contributed by atoms with Crippen LogP contribution < -0.4 is 5.32 Å². The molecule has 0 aromatic heterocycles. The topological polar surface area (TPSA) is 12.0 Å². The van der Waals surface area contributed by atoms with Gasteiger partial charge < -0.3 is 5.32 Å². The Morgan fingerprint density at radius 1 is 1.31 bits per heavy atom. The Hall–Kier alpha value is -0.0400. The average Bonchev–Trinajstić information content (AvgIpc) is 2.13. The Balaban J connectivity index is 2.39. The van der Waals surface area contributed by atoms with E-state index in [0.717, 1.165) is 17.9 Å². The fourth-order valence-corrected chi connectivity index (χ4v) is 2.30. The van der Waals surface area contributed by atoms with Gasteiger partial charge in [0.2, 0.25) is 0 Å². The van der Waals surface area contributed by atoms with E-state index in [2.05, 4.69) is 33.0 Å². The van der Waals surface area contributed by atoms with Gasteiger partial charge in [-0.1, -0.05) is 33.6 Å². The normalized spacial score (nSPS) is 37.4. The maximum atomic E-state index is 3.75. The van der Waals surface area contributed by atoms with E-state index in [-0.39, 0.29) is 0 Å². The van der Waals surface area contributed by atoms with Crippen molar-refractivity contribution in [3.05, 3.63) is 0 Å². The molecular formula is C12H25N. The highest BCUT2D eigenvalue weighted by Crippen LogP contribution is 2.29. The molecule has 0 aliphatic heterocycles. The van der Waals surface area contributed by atoms with Gasteiger partial charge in [-0.05, 0) is 31.6 Å².